The number of ketones is 3. The number of carbonyl (C=O) groups is 9. The summed E-state index contributed by atoms with van der Waals surface area (Å²) in [5.41, 5.74) is 9.42. The van der Waals surface area contributed by atoms with Gasteiger partial charge in [0.15, 0.2) is 40.8 Å². The third kappa shape index (κ3) is 16.0. The van der Waals surface area contributed by atoms with Crippen LogP contribution >= 0.6 is 0 Å². The van der Waals surface area contributed by atoms with Crippen LogP contribution in [0.25, 0.3) is 28.1 Å². The Morgan fingerprint density at radius 1 is 0.701 bits per heavy atom. The molecule has 1 aliphatic carbocycles. The number of Topliss-reactive ketones (excluding diaryl/α,β-unsaturated/α-hetero) is 3. The molecule has 1 saturated carbocycles. The second kappa shape index (κ2) is 31.9. The molecule has 7 aromatic rings. The third-order valence-corrected chi connectivity index (χ3v) is 21.5. The molecule has 1 saturated heterocycles. The first kappa shape index (κ1) is 74.1. The van der Waals surface area contributed by atoms with Gasteiger partial charge in [-0.2, -0.15) is 0 Å². The van der Waals surface area contributed by atoms with E-state index in [1.807, 2.05) is 97.0 Å². The summed E-state index contributed by atoms with van der Waals surface area (Å²) in [6, 6.07) is 34.8. The zero-order chi connectivity index (χ0) is 75.4. The van der Waals surface area contributed by atoms with Crippen LogP contribution in [0.1, 0.15) is 140 Å². The molecule has 6 amide bonds. The molecule has 1 spiro atoms. The molecule has 6 aromatic carbocycles. The Bertz CT molecular complexity index is 4640. The van der Waals surface area contributed by atoms with Gasteiger partial charge in [0.1, 0.15) is 23.8 Å². The van der Waals surface area contributed by atoms with Crippen LogP contribution in [0.5, 0.6) is 28.7 Å². The van der Waals surface area contributed by atoms with Crippen molar-refractivity contribution in [2.75, 3.05) is 57.4 Å². The number of aryl methyl sites for hydroxylation is 2. The number of ether oxygens (including phenoxy) is 6. The zero-order valence-electron chi connectivity index (χ0n) is 61.2. The van der Waals surface area contributed by atoms with E-state index in [2.05, 4.69) is 20.9 Å². The molecule has 107 heavy (non-hydrogen) atoms. The summed E-state index contributed by atoms with van der Waals surface area (Å²) in [4.78, 5) is 130. The number of hydrogen-bond donors (Lipinski definition) is 3. The van der Waals surface area contributed by atoms with Crippen molar-refractivity contribution in [3.63, 3.8) is 0 Å². The fourth-order valence-electron chi connectivity index (χ4n) is 15.1. The number of fused-ring (bicyclic) bond motifs is 9. The number of hydrogen-bond acceptors (Lipinski definition) is 18. The first-order valence-electron chi connectivity index (χ1n) is 36.5. The Morgan fingerprint density at radius 2 is 1.38 bits per heavy atom. The number of aromatic nitrogens is 3. The fourth-order valence-corrected chi connectivity index (χ4v) is 15.1. The van der Waals surface area contributed by atoms with Crippen molar-refractivity contribution in [2.45, 2.75) is 142 Å². The highest BCUT2D eigenvalue weighted by Gasteiger charge is 2.58. The minimum Gasteiger partial charge on any atom is -0.497 e. The van der Waals surface area contributed by atoms with E-state index < -0.39 is 47.9 Å². The van der Waals surface area contributed by atoms with E-state index in [0.29, 0.717) is 65.4 Å². The highest BCUT2D eigenvalue weighted by Crippen LogP contribution is 2.57. The number of methoxy groups -OCH3 is 3. The van der Waals surface area contributed by atoms with Crippen molar-refractivity contribution in [3.8, 4) is 51.3 Å². The average Bonchev–Trinajstić information content (AvgIpc) is 1.57. The molecule has 1 aromatic heterocycles. The van der Waals surface area contributed by atoms with Gasteiger partial charge in [-0.05, 0) is 127 Å². The Balaban J connectivity index is 0.569. The maximum Gasteiger partial charge on any atom is 0.416 e. The highest BCUT2D eigenvalue weighted by molar-refractivity contribution is 6.07. The Hall–Kier alpha value is -11.2. The van der Waals surface area contributed by atoms with Crippen LogP contribution in [0, 0.1) is 17.3 Å². The summed E-state index contributed by atoms with van der Waals surface area (Å²) in [6.45, 7) is 5.52. The molecule has 558 valence electrons. The maximum atomic E-state index is 14.5. The van der Waals surface area contributed by atoms with Crippen LogP contribution in [0.3, 0.4) is 0 Å². The quantitative estimate of drug-likeness (QED) is 0.0384. The van der Waals surface area contributed by atoms with Crippen LogP contribution in [-0.4, -0.2) is 155 Å². The van der Waals surface area contributed by atoms with Crippen LogP contribution < -0.4 is 44.1 Å². The van der Waals surface area contributed by atoms with Gasteiger partial charge in [0, 0.05) is 99.5 Å². The lowest BCUT2D eigenvalue weighted by atomic mass is 9.89. The summed E-state index contributed by atoms with van der Waals surface area (Å²) in [5.74, 6) is -1.80. The van der Waals surface area contributed by atoms with E-state index in [4.69, 9.17) is 28.4 Å². The van der Waals surface area contributed by atoms with Crippen LogP contribution in [0.2, 0.25) is 0 Å². The molecular weight excluding hydrogens is 1370 g/mol. The number of nitrogens with zero attached hydrogens (tertiary/aromatic N) is 7. The Labute approximate surface area is 620 Å². The Morgan fingerprint density at radius 3 is 2.09 bits per heavy atom. The lowest BCUT2D eigenvalue weighted by Gasteiger charge is -2.31. The lowest BCUT2D eigenvalue weighted by Crippen LogP contribution is -2.50. The van der Waals surface area contributed by atoms with Gasteiger partial charge in [0.2, 0.25) is 17.7 Å². The van der Waals surface area contributed by atoms with Gasteiger partial charge < -0.3 is 58.9 Å². The van der Waals surface area contributed by atoms with Crippen molar-refractivity contribution < 1.29 is 76.7 Å². The molecule has 0 radical (unpaired) electrons. The van der Waals surface area contributed by atoms with E-state index >= 15 is 0 Å². The molecule has 6 aliphatic rings. The van der Waals surface area contributed by atoms with Crippen molar-refractivity contribution >= 4 is 69.9 Å². The van der Waals surface area contributed by atoms with E-state index in [-0.39, 0.29) is 141 Å². The van der Waals surface area contributed by atoms with Gasteiger partial charge in [-0.15, -0.1) is 5.10 Å². The van der Waals surface area contributed by atoms with E-state index in [9.17, 15) is 48.3 Å². The van der Waals surface area contributed by atoms with Crippen molar-refractivity contribution in [1.29, 1.82) is 0 Å². The summed E-state index contributed by atoms with van der Waals surface area (Å²) in [6.07, 6.45) is 3.58. The molecular formula is C82H89N9O16. The zero-order valence-corrected chi connectivity index (χ0v) is 61.2. The number of amides is 6. The van der Waals surface area contributed by atoms with Gasteiger partial charge >= 0.3 is 6.09 Å². The smallest absolute Gasteiger partial charge is 0.416 e. The predicted octanol–water partition coefficient (Wildman–Crippen LogP) is 10.3. The minimum atomic E-state index is -1.48. The molecule has 13 rings (SSSR count). The fraction of sp³-hybridized carbons (Fsp3) is 0.402. The van der Waals surface area contributed by atoms with Crippen molar-refractivity contribution in [1.82, 2.24) is 35.4 Å². The SMILES string of the molecule is COc1ccc(C2=CN3C(=O)c4cc(OC)c(OCCCOc5cc6c(cc5OC)C(=O)N5CC7(CC7)C[C@H]5[C@H](O)N6C(=O)OCc5ccc(CC(=O)[C@H](C)NC(=O)[C@@H](CC(=O)CNC(=O)CCC(=O)CCC(=O)N6Cc7ccccc7-c7c(nnn7C)-c7ccccc76)C(C)C)cc5)cc4CC[C@@H]3C2)cc1. The normalized spacial score (nSPS) is 17.7. The summed E-state index contributed by atoms with van der Waals surface area (Å²) >= 11 is 0. The van der Waals surface area contributed by atoms with Crippen molar-refractivity contribution in [3.05, 3.63) is 166 Å². The monoisotopic (exact) mass is 1460 g/mol. The second-order valence-electron chi connectivity index (χ2n) is 28.9. The number of carbonyl (C=O) groups excluding carboxylic acids is 9. The largest absolute Gasteiger partial charge is 0.497 e. The van der Waals surface area contributed by atoms with Crippen LogP contribution in [0.15, 0.2) is 128 Å². The molecule has 0 bridgehead atoms. The van der Waals surface area contributed by atoms with Crippen LogP contribution in [0.4, 0.5) is 16.2 Å². The minimum absolute atomic E-state index is 0.00585. The number of nitrogens with one attached hydrogen (secondary N) is 2. The number of aliphatic hydroxyl groups is 1. The van der Waals surface area contributed by atoms with Gasteiger partial charge in [0.25, 0.3) is 11.8 Å². The third-order valence-electron chi connectivity index (χ3n) is 21.5. The lowest BCUT2D eigenvalue weighted by molar-refractivity contribution is -0.133. The second-order valence-corrected chi connectivity index (χ2v) is 28.9. The number of anilines is 2. The topological polar surface area (TPSA) is 297 Å². The van der Waals surface area contributed by atoms with Gasteiger partial charge in [-0.1, -0.05) is 97.9 Å². The number of benzene rings is 6. The van der Waals surface area contributed by atoms with Crippen LogP contribution in [-0.2, 0) is 66.5 Å². The first-order valence-corrected chi connectivity index (χ1v) is 36.5. The average molecular weight is 1460 g/mol. The van der Waals surface area contributed by atoms with E-state index in [1.54, 1.807) is 72.7 Å². The number of rotatable bonds is 28. The summed E-state index contributed by atoms with van der Waals surface area (Å²) < 4.78 is 37.1. The van der Waals surface area contributed by atoms with E-state index in [1.165, 1.54) is 26.4 Å². The molecule has 5 atom stereocenters. The predicted molar refractivity (Wildman–Crippen MR) is 396 cm³/mol. The number of aliphatic hydroxyl groups excluding tert-OH is 1. The standard InChI is InChI=1S/C82H89N9O16/c1-48(2)62(38-58(93)43-83-73(95)29-25-57(92)26-30-74(96)89-44-54-13-8-9-14-60(54)76-75(85-86-87(76)4)61-15-10-11-16-65(61)89)77(97)84-49(3)68(94)35-50-17-19-51(20-18-50)46-107-81(101)91-66-41-72(70(104-7)40-64(66)79(99)90-47-82(31-32-82)42-67(90)80(91)100)106-34-12-33-105-71-37-53-21-24-56-36-55(52-22-27-59(102-5)28-23-52)45-88(56)78(98)63(53)39-69(71)103-6/h8-11,13-20,22-23,27-28,37,39-41,45,48-49,56,62,67,80,100H,12,21,24-26,29-36,38,42-44,46-47H2,1-7H3,(H,83,95)(H,84,97)/t49-,56+,62-,67-,80-/m0/s1. The molecule has 25 nitrogen and oxygen atoms in total. The maximum absolute atomic E-state index is 14.5. The van der Waals surface area contributed by atoms with E-state index in [0.717, 1.165) is 75.4 Å². The van der Waals surface area contributed by atoms with Gasteiger partial charge in [-0.25, -0.2) is 14.4 Å². The van der Waals surface area contributed by atoms with Gasteiger partial charge in [0.05, 0.1) is 82.3 Å². The summed E-state index contributed by atoms with van der Waals surface area (Å²) in [7, 11) is 6.44. The number of para-hydroxylation sites is 1. The highest BCUT2D eigenvalue weighted by atomic mass is 16.6. The molecule has 6 heterocycles. The molecule has 25 heteroatoms. The summed E-state index contributed by atoms with van der Waals surface area (Å²) in [5, 5.41) is 26.3. The Kier molecular flexibility index (Phi) is 22.1. The van der Waals surface area contributed by atoms with Crippen molar-refractivity contribution in [2.24, 2.45) is 24.3 Å². The molecule has 5 aliphatic heterocycles. The first-order chi connectivity index (χ1) is 51.6. The molecule has 0 unspecified atom stereocenters. The molecule has 3 N–H and O–H groups in total. The van der Waals surface area contributed by atoms with Gasteiger partial charge in [-0.3, -0.25) is 38.4 Å². The molecule has 2 fully saturated rings.